The van der Waals surface area contributed by atoms with Gasteiger partial charge in [0.25, 0.3) is 11.8 Å². The van der Waals surface area contributed by atoms with Crippen molar-refractivity contribution < 1.29 is 31.9 Å². The van der Waals surface area contributed by atoms with Gasteiger partial charge in [0.05, 0.1) is 6.54 Å². The van der Waals surface area contributed by atoms with E-state index in [4.69, 9.17) is 0 Å². The number of hydrogen-bond donors (Lipinski definition) is 3. The number of alkyl halides is 3. The van der Waals surface area contributed by atoms with Crippen LogP contribution in [0.4, 0.5) is 28.9 Å². The summed E-state index contributed by atoms with van der Waals surface area (Å²) < 4.78 is 51.0. The van der Waals surface area contributed by atoms with Gasteiger partial charge in [0.2, 0.25) is 5.91 Å². The highest BCUT2D eigenvalue weighted by atomic mass is 19.4. The van der Waals surface area contributed by atoms with Crippen LogP contribution in [0, 0.1) is 12.7 Å². The minimum atomic E-state index is -4.60. The fraction of sp³-hybridized carbons (Fsp3) is 0.286. The molecular weight excluding hydrogens is 432 g/mol. The number of benzene rings is 2. The maximum Gasteiger partial charge on any atom is 0.405 e. The zero-order valence-electron chi connectivity index (χ0n) is 17.6. The first-order valence-electron chi connectivity index (χ1n) is 9.38. The number of nitrogens with one attached hydrogen (secondary N) is 3. The van der Waals surface area contributed by atoms with Crippen molar-refractivity contribution in [1.29, 1.82) is 0 Å². The van der Waals surface area contributed by atoms with Gasteiger partial charge in [-0.15, -0.1) is 0 Å². The normalized spacial score (nSPS) is 11.0. The fourth-order valence-electron chi connectivity index (χ4n) is 2.61. The molecule has 2 aromatic rings. The van der Waals surface area contributed by atoms with Gasteiger partial charge in [-0.05, 0) is 43.3 Å². The molecule has 0 fully saturated rings. The second-order valence-corrected chi connectivity index (χ2v) is 7.11. The van der Waals surface area contributed by atoms with E-state index in [2.05, 4.69) is 10.6 Å². The Kier molecular flexibility index (Phi) is 7.79. The zero-order valence-corrected chi connectivity index (χ0v) is 17.6. The van der Waals surface area contributed by atoms with Crippen LogP contribution in [0.15, 0.2) is 36.4 Å². The Morgan fingerprint density at radius 3 is 2.19 bits per heavy atom. The van der Waals surface area contributed by atoms with Crippen molar-refractivity contribution >= 4 is 29.1 Å². The number of halogens is 4. The first-order valence-corrected chi connectivity index (χ1v) is 9.38. The molecule has 7 nitrogen and oxygen atoms in total. The smallest absolute Gasteiger partial charge is 0.376 e. The standard InChI is InChI=1S/C21H22F4N4O3/c1-12-16(22)8-14(19(31)27-11-21(23,24)25)9-17(12)26-10-18(30)28-15-6-4-13(5-7-15)20(32)29(2)3/h4-9,26H,10-11H2,1-3H3,(H,27,31)(H,28,30). The molecule has 0 saturated carbocycles. The van der Waals surface area contributed by atoms with Crippen molar-refractivity contribution in [2.45, 2.75) is 13.1 Å². The highest BCUT2D eigenvalue weighted by Gasteiger charge is 2.28. The predicted octanol–water partition coefficient (Wildman–Crippen LogP) is 3.18. The average molecular weight is 454 g/mol. The molecule has 0 saturated heterocycles. The summed E-state index contributed by atoms with van der Waals surface area (Å²) in [5, 5.41) is 6.93. The SMILES string of the molecule is Cc1c(F)cc(C(=O)NCC(F)(F)F)cc1NCC(=O)Nc1ccc(C(=O)N(C)C)cc1. The monoisotopic (exact) mass is 454 g/mol. The van der Waals surface area contributed by atoms with Gasteiger partial charge >= 0.3 is 6.18 Å². The summed E-state index contributed by atoms with van der Waals surface area (Å²) in [6, 6.07) is 8.18. The molecule has 0 aliphatic rings. The lowest BCUT2D eigenvalue weighted by Crippen LogP contribution is -2.33. The number of rotatable bonds is 7. The second-order valence-electron chi connectivity index (χ2n) is 7.11. The van der Waals surface area contributed by atoms with Crippen LogP contribution in [0.5, 0.6) is 0 Å². The molecule has 0 bridgehead atoms. The van der Waals surface area contributed by atoms with Crippen molar-refractivity contribution in [2.75, 3.05) is 37.8 Å². The molecule has 0 aliphatic heterocycles. The van der Waals surface area contributed by atoms with Gasteiger partial charge in [0, 0.05) is 42.2 Å². The molecule has 3 N–H and O–H groups in total. The van der Waals surface area contributed by atoms with Crippen LogP contribution in [0.3, 0.4) is 0 Å². The number of nitrogens with zero attached hydrogens (tertiary/aromatic N) is 1. The Hall–Kier alpha value is -3.63. The van der Waals surface area contributed by atoms with Crippen LogP contribution in [-0.4, -0.2) is 56.0 Å². The van der Waals surface area contributed by atoms with E-state index in [0.29, 0.717) is 11.3 Å². The first-order chi connectivity index (χ1) is 14.9. The van der Waals surface area contributed by atoms with E-state index >= 15 is 0 Å². The van der Waals surface area contributed by atoms with Gasteiger partial charge in [0.1, 0.15) is 12.4 Å². The van der Waals surface area contributed by atoms with Crippen molar-refractivity contribution in [1.82, 2.24) is 10.2 Å². The Morgan fingerprint density at radius 1 is 1.00 bits per heavy atom. The Morgan fingerprint density at radius 2 is 1.62 bits per heavy atom. The Bertz CT molecular complexity index is 1010. The molecule has 32 heavy (non-hydrogen) atoms. The minimum absolute atomic E-state index is 0.0873. The zero-order chi connectivity index (χ0) is 24.1. The van der Waals surface area contributed by atoms with Crippen LogP contribution in [0.2, 0.25) is 0 Å². The topological polar surface area (TPSA) is 90.5 Å². The molecule has 0 radical (unpaired) electrons. The van der Waals surface area contributed by atoms with E-state index < -0.39 is 30.4 Å². The molecule has 0 aromatic heterocycles. The van der Waals surface area contributed by atoms with E-state index in [1.165, 1.54) is 17.9 Å². The van der Waals surface area contributed by atoms with E-state index in [-0.39, 0.29) is 29.3 Å². The van der Waals surface area contributed by atoms with Crippen LogP contribution in [0.1, 0.15) is 26.3 Å². The average Bonchev–Trinajstić information content (AvgIpc) is 2.72. The summed E-state index contributed by atoms with van der Waals surface area (Å²) in [6.45, 7) is -0.453. The number of carbonyl (C=O) groups is 3. The van der Waals surface area contributed by atoms with Crippen LogP contribution < -0.4 is 16.0 Å². The molecule has 0 heterocycles. The summed E-state index contributed by atoms with van der Waals surface area (Å²) in [6.07, 6.45) is -4.60. The van der Waals surface area contributed by atoms with Crippen molar-refractivity contribution in [3.63, 3.8) is 0 Å². The number of hydrogen-bond acceptors (Lipinski definition) is 4. The van der Waals surface area contributed by atoms with Crippen molar-refractivity contribution in [2.24, 2.45) is 0 Å². The lowest BCUT2D eigenvalue weighted by Gasteiger charge is -2.14. The van der Waals surface area contributed by atoms with Crippen LogP contribution in [-0.2, 0) is 4.79 Å². The summed E-state index contributed by atoms with van der Waals surface area (Å²) in [4.78, 5) is 37.4. The maximum absolute atomic E-state index is 14.1. The molecule has 172 valence electrons. The van der Waals surface area contributed by atoms with Gasteiger partial charge in [-0.3, -0.25) is 14.4 Å². The predicted molar refractivity (Wildman–Crippen MR) is 111 cm³/mol. The Balaban J connectivity index is 2.02. The van der Waals surface area contributed by atoms with Crippen molar-refractivity contribution in [3.05, 3.63) is 58.9 Å². The molecule has 3 amide bonds. The lowest BCUT2D eigenvalue weighted by atomic mass is 10.1. The second kappa shape index (κ2) is 10.1. The third kappa shape index (κ3) is 6.96. The van der Waals surface area contributed by atoms with Crippen LogP contribution in [0.25, 0.3) is 0 Å². The highest BCUT2D eigenvalue weighted by Crippen LogP contribution is 2.21. The van der Waals surface area contributed by atoms with E-state index in [1.54, 1.807) is 43.7 Å². The third-order valence-corrected chi connectivity index (χ3v) is 4.32. The number of anilines is 2. The van der Waals surface area contributed by atoms with Gasteiger partial charge in [-0.2, -0.15) is 13.2 Å². The molecular formula is C21H22F4N4O3. The third-order valence-electron chi connectivity index (χ3n) is 4.32. The van der Waals surface area contributed by atoms with Gasteiger partial charge in [-0.25, -0.2) is 4.39 Å². The van der Waals surface area contributed by atoms with E-state index in [1.807, 2.05) is 0 Å². The Labute approximate surface area is 181 Å². The first kappa shape index (κ1) is 24.6. The molecule has 2 rings (SSSR count). The highest BCUT2D eigenvalue weighted by molar-refractivity contribution is 5.97. The summed E-state index contributed by atoms with van der Waals surface area (Å²) >= 11 is 0. The summed E-state index contributed by atoms with van der Waals surface area (Å²) in [5.74, 6) is -2.60. The summed E-state index contributed by atoms with van der Waals surface area (Å²) in [7, 11) is 3.23. The minimum Gasteiger partial charge on any atom is -0.376 e. The van der Waals surface area contributed by atoms with Gasteiger partial charge in [-0.1, -0.05) is 0 Å². The quantitative estimate of drug-likeness (QED) is 0.561. The van der Waals surface area contributed by atoms with Gasteiger partial charge in [0.15, 0.2) is 0 Å². The molecule has 11 heteroatoms. The molecule has 0 atom stereocenters. The van der Waals surface area contributed by atoms with Gasteiger partial charge < -0.3 is 20.9 Å². The molecule has 0 spiro atoms. The molecule has 0 unspecified atom stereocenters. The lowest BCUT2D eigenvalue weighted by molar-refractivity contribution is -0.123. The maximum atomic E-state index is 14.1. The summed E-state index contributed by atoms with van der Waals surface area (Å²) in [5.41, 5.74) is 0.732. The largest absolute Gasteiger partial charge is 0.405 e. The van der Waals surface area contributed by atoms with Crippen molar-refractivity contribution in [3.8, 4) is 0 Å². The van der Waals surface area contributed by atoms with E-state index in [0.717, 1.165) is 6.07 Å². The fourth-order valence-corrected chi connectivity index (χ4v) is 2.61. The molecule has 2 aromatic carbocycles. The van der Waals surface area contributed by atoms with Crippen LogP contribution >= 0.6 is 0 Å². The molecule has 0 aliphatic carbocycles. The number of amides is 3. The number of carbonyl (C=O) groups excluding carboxylic acids is 3. The van der Waals surface area contributed by atoms with E-state index in [9.17, 15) is 31.9 Å².